The second-order valence-corrected chi connectivity index (χ2v) is 6.08. The highest BCUT2D eigenvalue weighted by Gasteiger charge is 2.10. The number of nitrogens with one attached hydrogen (secondary N) is 2. The molecule has 6 heteroatoms. The van der Waals surface area contributed by atoms with Crippen molar-refractivity contribution in [1.29, 1.82) is 0 Å². The van der Waals surface area contributed by atoms with Gasteiger partial charge in [0.05, 0.1) is 12.1 Å². The monoisotopic (exact) mass is 338 g/mol. The normalized spacial score (nSPS) is 10.4. The number of pyridine rings is 1. The molecule has 5 nitrogen and oxygen atoms in total. The summed E-state index contributed by atoms with van der Waals surface area (Å²) < 4.78 is 0. The molecule has 3 aromatic rings. The molecule has 0 atom stereocenters. The van der Waals surface area contributed by atoms with Gasteiger partial charge in [0.2, 0.25) is 5.91 Å². The van der Waals surface area contributed by atoms with Crippen LogP contribution in [-0.4, -0.2) is 15.9 Å². The van der Waals surface area contributed by atoms with Crippen molar-refractivity contribution in [1.82, 2.24) is 9.97 Å². The zero-order valence-electron chi connectivity index (χ0n) is 13.3. The number of hydrogen-bond acceptors (Lipinski definition) is 5. The summed E-state index contributed by atoms with van der Waals surface area (Å²) in [6.07, 6.45) is 2.85. The van der Waals surface area contributed by atoms with Crippen LogP contribution in [0.4, 0.5) is 16.6 Å². The highest BCUT2D eigenvalue weighted by molar-refractivity contribution is 7.13. The van der Waals surface area contributed by atoms with Gasteiger partial charge in [-0.25, -0.2) is 9.97 Å². The topological polar surface area (TPSA) is 66.9 Å². The van der Waals surface area contributed by atoms with Crippen LogP contribution in [0.2, 0.25) is 0 Å². The van der Waals surface area contributed by atoms with Crippen molar-refractivity contribution in [2.75, 3.05) is 10.6 Å². The first kappa shape index (κ1) is 16.1. The van der Waals surface area contributed by atoms with Crippen LogP contribution in [0.5, 0.6) is 0 Å². The Labute approximate surface area is 144 Å². The van der Waals surface area contributed by atoms with E-state index >= 15 is 0 Å². The van der Waals surface area contributed by atoms with Crippen molar-refractivity contribution in [3.8, 4) is 0 Å². The van der Waals surface area contributed by atoms with Crippen LogP contribution in [0, 0.1) is 0 Å². The summed E-state index contributed by atoms with van der Waals surface area (Å²) in [7, 11) is 0. The van der Waals surface area contributed by atoms with E-state index in [-0.39, 0.29) is 12.3 Å². The standard InChI is InChI=1S/C18H18N4OS/c1-2-13-7-3-4-8-15(13)21-17(23)11-14-12-24-18(20-14)22-16-9-5-6-10-19-16/h3-10,12H,2,11H2,1H3,(H,21,23)(H,19,20,22). The number of benzene rings is 1. The maximum absolute atomic E-state index is 12.2. The van der Waals surface area contributed by atoms with E-state index < -0.39 is 0 Å². The number of thiazole rings is 1. The van der Waals surface area contributed by atoms with Crippen molar-refractivity contribution in [2.24, 2.45) is 0 Å². The first-order chi connectivity index (χ1) is 11.7. The summed E-state index contributed by atoms with van der Waals surface area (Å²) in [5.74, 6) is 0.672. The van der Waals surface area contributed by atoms with Crippen molar-refractivity contribution in [3.63, 3.8) is 0 Å². The maximum atomic E-state index is 12.2. The number of nitrogens with zero attached hydrogens (tertiary/aromatic N) is 2. The van der Waals surface area contributed by atoms with Crippen LogP contribution in [0.1, 0.15) is 18.2 Å². The molecule has 2 aromatic heterocycles. The first-order valence-corrected chi connectivity index (χ1v) is 8.63. The van der Waals surface area contributed by atoms with Crippen molar-refractivity contribution < 1.29 is 4.79 Å². The Kier molecular flexibility index (Phi) is 5.18. The van der Waals surface area contributed by atoms with Crippen molar-refractivity contribution in [3.05, 3.63) is 65.3 Å². The van der Waals surface area contributed by atoms with Gasteiger partial charge < -0.3 is 10.6 Å². The zero-order chi connectivity index (χ0) is 16.8. The Morgan fingerprint density at radius 3 is 2.79 bits per heavy atom. The summed E-state index contributed by atoms with van der Waals surface area (Å²) in [5, 5.41) is 8.70. The third-order valence-corrected chi connectivity index (χ3v) is 4.27. The smallest absolute Gasteiger partial charge is 0.230 e. The number of rotatable bonds is 6. The summed E-state index contributed by atoms with van der Waals surface area (Å²) in [6, 6.07) is 13.5. The molecule has 0 bridgehead atoms. The lowest BCUT2D eigenvalue weighted by molar-refractivity contribution is -0.115. The van der Waals surface area contributed by atoms with Gasteiger partial charge in [-0.05, 0) is 30.2 Å². The number of amides is 1. The van der Waals surface area contributed by atoms with E-state index in [0.29, 0.717) is 0 Å². The molecule has 1 amide bonds. The molecule has 2 heterocycles. The average molecular weight is 338 g/mol. The molecule has 1 aromatic carbocycles. The summed E-state index contributed by atoms with van der Waals surface area (Å²) in [6.45, 7) is 2.07. The fourth-order valence-electron chi connectivity index (χ4n) is 2.30. The Balaban J connectivity index is 1.61. The van der Waals surface area contributed by atoms with Gasteiger partial charge >= 0.3 is 0 Å². The number of carbonyl (C=O) groups is 1. The highest BCUT2D eigenvalue weighted by Crippen LogP contribution is 2.20. The summed E-state index contributed by atoms with van der Waals surface area (Å²) in [5.41, 5.74) is 2.73. The Hall–Kier alpha value is -2.73. The summed E-state index contributed by atoms with van der Waals surface area (Å²) in [4.78, 5) is 20.9. The molecule has 0 spiro atoms. The van der Waals surface area contributed by atoms with E-state index in [1.165, 1.54) is 11.3 Å². The molecule has 0 unspecified atom stereocenters. The molecule has 0 radical (unpaired) electrons. The predicted molar refractivity (Wildman–Crippen MR) is 97.8 cm³/mol. The van der Waals surface area contributed by atoms with Crippen LogP contribution in [-0.2, 0) is 17.6 Å². The zero-order valence-corrected chi connectivity index (χ0v) is 14.1. The minimum absolute atomic E-state index is 0.0643. The number of anilines is 3. The fraction of sp³-hybridized carbons (Fsp3) is 0.167. The third-order valence-electron chi connectivity index (χ3n) is 3.47. The Morgan fingerprint density at radius 2 is 2.00 bits per heavy atom. The molecule has 0 saturated heterocycles. The predicted octanol–water partition coefficient (Wildman–Crippen LogP) is 4.03. The molecule has 0 aliphatic carbocycles. The Bertz CT molecular complexity index is 817. The lowest BCUT2D eigenvalue weighted by Gasteiger charge is -2.08. The fourth-order valence-corrected chi connectivity index (χ4v) is 3.02. The second-order valence-electron chi connectivity index (χ2n) is 5.22. The van der Waals surface area contributed by atoms with Crippen molar-refractivity contribution >= 4 is 33.9 Å². The molecule has 2 N–H and O–H groups in total. The quantitative estimate of drug-likeness (QED) is 0.712. The van der Waals surface area contributed by atoms with Gasteiger partial charge in [-0.3, -0.25) is 4.79 Å². The lowest BCUT2D eigenvalue weighted by atomic mass is 10.1. The van der Waals surface area contributed by atoms with Gasteiger partial charge in [0, 0.05) is 17.3 Å². The second kappa shape index (κ2) is 7.70. The van der Waals surface area contributed by atoms with Gasteiger partial charge in [-0.15, -0.1) is 11.3 Å². The third kappa shape index (κ3) is 4.17. The van der Waals surface area contributed by atoms with Gasteiger partial charge in [0.1, 0.15) is 5.82 Å². The molecule has 0 aliphatic rings. The lowest BCUT2D eigenvalue weighted by Crippen LogP contribution is -2.15. The molecule has 122 valence electrons. The minimum Gasteiger partial charge on any atom is -0.325 e. The molecule has 0 saturated carbocycles. The number of para-hydroxylation sites is 1. The Morgan fingerprint density at radius 1 is 1.17 bits per heavy atom. The van der Waals surface area contributed by atoms with E-state index in [0.717, 1.165) is 34.3 Å². The van der Waals surface area contributed by atoms with Crippen LogP contribution in [0.3, 0.4) is 0 Å². The van der Waals surface area contributed by atoms with Gasteiger partial charge in [-0.1, -0.05) is 31.2 Å². The van der Waals surface area contributed by atoms with Crippen LogP contribution in [0.25, 0.3) is 0 Å². The number of aryl methyl sites for hydroxylation is 1. The van der Waals surface area contributed by atoms with Gasteiger partial charge in [-0.2, -0.15) is 0 Å². The van der Waals surface area contributed by atoms with Crippen molar-refractivity contribution in [2.45, 2.75) is 19.8 Å². The number of aromatic nitrogens is 2. The largest absolute Gasteiger partial charge is 0.325 e. The van der Waals surface area contributed by atoms with Crippen LogP contribution >= 0.6 is 11.3 Å². The van der Waals surface area contributed by atoms with E-state index in [1.807, 2.05) is 47.8 Å². The van der Waals surface area contributed by atoms with Gasteiger partial charge in [0.25, 0.3) is 0 Å². The molecule has 0 aliphatic heterocycles. The summed E-state index contributed by atoms with van der Waals surface area (Å²) >= 11 is 1.46. The molecule has 0 fully saturated rings. The number of carbonyl (C=O) groups excluding carboxylic acids is 1. The maximum Gasteiger partial charge on any atom is 0.230 e. The van der Waals surface area contributed by atoms with Gasteiger partial charge in [0.15, 0.2) is 5.13 Å². The first-order valence-electron chi connectivity index (χ1n) is 7.75. The molecule has 3 rings (SSSR count). The van der Waals surface area contributed by atoms with E-state index in [2.05, 4.69) is 27.5 Å². The van der Waals surface area contributed by atoms with Crippen LogP contribution in [0.15, 0.2) is 54.0 Å². The molecular weight excluding hydrogens is 320 g/mol. The SMILES string of the molecule is CCc1ccccc1NC(=O)Cc1csc(Nc2ccccn2)n1. The minimum atomic E-state index is -0.0643. The number of hydrogen-bond donors (Lipinski definition) is 2. The van der Waals surface area contributed by atoms with E-state index in [1.54, 1.807) is 6.20 Å². The van der Waals surface area contributed by atoms with E-state index in [9.17, 15) is 4.79 Å². The van der Waals surface area contributed by atoms with E-state index in [4.69, 9.17) is 0 Å². The highest BCUT2D eigenvalue weighted by atomic mass is 32.1. The molecular formula is C18H18N4OS. The molecule has 24 heavy (non-hydrogen) atoms. The average Bonchev–Trinajstić information content (AvgIpc) is 3.03. The van der Waals surface area contributed by atoms with Crippen LogP contribution < -0.4 is 10.6 Å².